The highest BCUT2D eigenvalue weighted by Gasteiger charge is 2.31. The van der Waals surface area contributed by atoms with Crippen LogP contribution in [0.2, 0.25) is 0 Å². The highest BCUT2D eigenvalue weighted by Crippen LogP contribution is 2.48. The molecule has 3 rings (SSSR count). The molecule has 0 heterocycles. The Balaban J connectivity index is 2.25. The summed E-state index contributed by atoms with van der Waals surface area (Å²) in [4.78, 5) is 10.6. The number of hydrogen-bond donors (Lipinski definition) is 0. The van der Waals surface area contributed by atoms with E-state index in [1.54, 1.807) is 12.1 Å². The van der Waals surface area contributed by atoms with Crippen LogP contribution in [0.25, 0.3) is 11.1 Å². The molecule has 2 aromatic rings. The van der Waals surface area contributed by atoms with Crippen LogP contribution in [0.15, 0.2) is 42.5 Å². The van der Waals surface area contributed by atoms with Gasteiger partial charge in [0.2, 0.25) is 0 Å². The van der Waals surface area contributed by atoms with Crippen LogP contribution in [0, 0.1) is 16.0 Å². The van der Waals surface area contributed by atoms with Crippen molar-refractivity contribution in [2.75, 3.05) is 0 Å². The molecule has 0 aromatic heterocycles. The highest BCUT2D eigenvalue weighted by molar-refractivity contribution is 5.80. The molecule has 0 unspecified atom stereocenters. The van der Waals surface area contributed by atoms with E-state index in [9.17, 15) is 10.1 Å². The van der Waals surface area contributed by atoms with Crippen LogP contribution < -0.4 is 0 Å². The molecule has 0 spiro atoms. The van der Waals surface area contributed by atoms with Gasteiger partial charge in [-0.15, -0.1) is 0 Å². The van der Waals surface area contributed by atoms with Crippen molar-refractivity contribution in [1.82, 2.24) is 0 Å². The number of nitro benzene ring substituents is 1. The minimum atomic E-state index is -0.319. The molecule has 0 radical (unpaired) electrons. The maximum atomic E-state index is 11.0. The number of nitro groups is 1. The van der Waals surface area contributed by atoms with E-state index in [1.165, 1.54) is 11.1 Å². The first kappa shape index (κ1) is 11.9. The topological polar surface area (TPSA) is 43.1 Å². The fourth-order valence-corrected chi connectivity index (χ4v) is 3.07. The minimum absolute atomic E-state index is 0.178. The summed E-state index contributed by atoms with van der Waals surface area (Å²) >= 11 is 0. The first-order chi connectivity index (χ1) is 9.09. The van der Waals surface area contributed by atoms with Crippen molar-refractivity contribution in [3.05, 3.63) is 63.7 Å². The normalized spacial score (nSPS) is 16.3. The highest BCUT2D eigenvalue weighted by atomic mass is 16.6. The molecular formula is C16H15NO2. The monoisotopic (exact) mass is 253 g/mol. The Labute approximate surface area is 112 Å². The Kier molecular flexibility index (Phi) is 2.63. The molecule has 1 aliphatic rings. The van der Waals surface area contributed by atoms with Gasteiger partial charge in [0.15, 0.2) is 0 Å². The molecule has 0 N–H and O–H groups in total. The molecule has 0 fully saturated rings. The third-order valence-electron chi connectivity index (χ3n) is 3.83. The molecule has 0 saturated heterocycles. The van der Waals surface area contributed by atoms with Crippen molar-refractivity contribution in [1.29, 1.82) is 0 Å². The number of benzene rings is 2. The van der Waals surface area contributed by atoms with Crippen LogP contribution in [-0.4, -0.2) is 4.92 Å². The summed E-state index contributed by atoms with van der Waals surface area (Å²) in [6, 6.07) is 13.5. The van der Waals surface area contributed by atoms with Crippen molar-refractivity contribution in [2.24, 2.45) is 5.92 Å². The Morgan fingerprint density at radius 2 is 1.74 bits per heavy atom. The molecule has 1 atom stereocenters. The zero-order valence-electron chi connectivity index (χ0n) is 11.0. The molecule has 3 heteroatoms. The molecule has 0 aliphatic heterocycles. The largest absolute Gasteiger partial charge is 0.269 e. The van der Waals surface area contributed by atoms with Crippen LogP contribution >= 0.6 is 0 Å². The van der Waals surface area contributed by atoms with Crippen molar-refractivity contribution in [3.63, 3.8) is 0 Å². The maximum absolute atomic E-state index is 11.0. The second-order valence-corrected chi connectivity index (χ2v) is 5.34. The maximum Gasteiger partial charge on any atom is 0.269 e. The van der Waals surface area contributed by atoms with E-state index in [0.717, 1.165) is 11.1 Å². The van der Waals surface area contributed by atoms with Crippen molar-refractivity contribution < 1.29 is 4.92 Å². The SMILES string of the molecule is CC(C)[C@H]1c2ccccc2-c2ccc([N+](=O)[O-])cc21. The van der Waals surface area contributed by atoms with E-state index in [-0.39, 0.29) is 16.5 Å². The average molecular weight is 253 g/mol. The van der Waals surface area contributed by atoms with Gasteiger partial charge in [-0.25, -0.2) is 0 Å². The van der Waals surface area contributed by atoms with Crippen molar-refractivity contribution in [3.8, 4) is 11.1 Å². The van der Waals surface area contributed by atoms with Crippen molar-refractivity contribution >= 4 is 5.69 Å². The van der Waals surface area contributed by atoms with Gasteiger partial charge in [-0.05, 0) is 34.2 Å². The first-order valence-corrected chi connectivity index (χ1v) is 6.47. The van der Waals surface area contributed by atoms with Gasteiger partial charge < -0.3 is 0 Å². The van der Waals surface area contributed by atoms with E-state index < -0.39 is 0 Å². The zero-order valence-corrected chi connectivity index (χ0v) is 11.0. The molecule has 1 aliphatic carbocycles. The summed E-state index contributed by atoms with van der Waals surface area (Å²) in [7, 11) is 0. The van der Waals surface area contributed by atoms with E-state index in [2.05, 4.69) is 26.0 Å². The molecule has 3 nitrogen and oxygen atoms in total. The summed E-state index contributed by atoms with van der Waals surface area (Å²) in [6.07, 6.45) is 0. The average Bonchev–Trinajstić information content (AvgIpc) is 2.72. The van der Waals surface area contributed by atoms with Crippen LogP contribution in [-0.2, 0) is 0 Å². The van der Waals surface area contributed by atoms with Gasteiger partial charge >= 0.3 is 0 Å². The predicted octanol–water partition coefficient (Wildman–Crippen LogP) is 4.36. The summed E-state index contributed by atoms with van der Waals surface area (Å²) in [5, 5.41) is 11.0. The molecule has 96 valence electrons. The predicted molar refractivity (Wildman–Crippen MR) is 75.2 cm³/mol. The van der Waals surface area contributed by atoms with E-state index in [4.69, 9.17) is 0 Å². The summed E-state index contributed by atoms with van der Waals surface area (Å²) in [6.45, 7) is 4.32. The number of rotatable bonds is 2. The Bertz CT molecular complexity index is 662. The van der Waals surface area contributed by atoms with Gasteiger partial charge in [0.1, 0.15) is 0 Å². The first-order valence-electron chi connectivity index (χ1n) is 6.47. The molecule has 19 heavy (non-hydrogen) atoms. The van der Waals surface area contributed by atoms with Gasteiger partial charge in [-0.3, -0.25) is 10.1 Å². The smallest absolute Gasteiger partial charge is 0.258 e. The lowest BCUT2D eigenvalue weighted by Gasteiger charge is -2.17. The van der Waals surface area contributed by atoms with E-state index >= 15 is 0 Å². The third kappa shape index (κ3) is 1.73. The number of fused-ring (bicyclic) bond motifs is 3. The second kappa shape index (κ2) is 4.19. The number of nitrogens with zero attached hydrogens (tertiary/aromatic N) is 1. The summed E-state index contributed by atoms with van der Waals surface area (Å²) in [5.41, 5.74) is 4.90. The van der Waals surface area contributed by atoms with Gasteiger partial charge in [0.25, 0.3) is 5.69 Å². The van der Waals surface area contributed by atoms with Crippen LogP contribution in [0.3, 0.4) is 0 Å². The quantitative estimate of drug-likeness (QED) is 0.589. The van der Waals surface area contributed by atoms with Gasteiger partial charge in [-0.1, -0.05) is 38.1 Å². The van der Waals surface area contributed by atoms with Gasteiger partial charge in [0, 0.05) is 18.1 Å². The lowest BCUT2D eigenvalue weighted by Crippen LogP contribution is -2.05. The molecule has 2 aromatic carbocycles. The van der Waals surface area contributed by atoms with Gasteiger partial charge in [0.05, 0.1) is 4.92 Å². The fourth-order valence-electron chi connectivity index (χ4n) is 3.07. The number of non-ortho nitro benzene ring substituents is 1. The molecule has 0 bridgehead atoms. The standard InChI is InChI=1S/C16H15NO2/c1-10(2)16-14-6-4-3-5-12(14)13-8-7-11(17(18)19)9-15(13)16/h3-10,16H,1-2H3/t16-/m0/s1. The Morgan fingerprint density at radius 3 is 2.42 bits per heavy atom. The minimum Gasteiger partial charge on any atom is -0.258 e. The lowest BCUT2D eigenvalue weighted by atomic mass is 9.86. The lowest BCUT2D eigenvalue weighted by molar-refractivity contribution is -0.384. The number of hydrogen-bond acceptors (Lipinski definition) is 2. The Morgan fingerprint density at radius 1 is 1.05 bits per heavy atom. The van der Waals surface area contributed by atoms with E-state index in [1.807, 2.05) is 18.2 Å². The van der Waals surface area contributed by atoms with Crippen molar-refractivity contribution in [2.45, 2.75) is 19.8 Å². The summed E-state index contributed by atoms with van der Waals surface area (Å²) in [5.74, 6) is 0.676. The second-order valence-electron chi connectivity index (χ2n) is 5.34. The molecule has 0 saturated carbocycles. The van der Waals surface area contributed by atoms with Crippen LogP contribution in [0.5, 0.6) is 0 Å². The fraction of sp³-hybridized carbons (Fsp3) is 0.250. The summed E-state index contributed by atoms with van der Waals surface area (Å²) < 4.78 is 0. The molecule has 0 amide bonds. The molecular weight excluding hydrogens is 238 g/mol. The van der Waals surface area contributed by atoms with Crippen LogP contribution in [0.1, 0.15) is 30.9 Å². The van der Waals surface area contributed by atoms with E-state index in [0.29, 0.717) is 5.92 Å². The van der Waals surface area contributed by atoms with Gasteiger partial charge in [-0.2, -0.15) is 0 Å². The third-order valence-corrected chi connectivity index (χ3v) is 3.83. The van der Waals surface area contributed by atoms with Crippen LogP contribution in [0.4, 0.5) is 5.69 Å². The zero-order chi connectivity index (χ0) is 13.6. The Hall–Kier alpha value is -2.16.